The Kier molecular flexibility index (Phi) is 4.50. The van der Waals surface area contributed by atoms with E-state index in [9.17, 15) is 9.59 Å². The molecule has 0 unspecified atom stereocenters. The lowest BCUT2D eigenvalue weighted by atomic mass is 10.2. The Morgan fingerprint density at radius 1 is 1.19 bits per heavy atom. The molecule has 0 aliphatic heterocycles. The third kappa shape index (κ3) is 4.04. The van der Waals surface area contributed by atoms with Crippen molar-refractivity contribution < 1.29 is 14.7 Å². The number of hydrogen-bond acceptors (Lipinski definition) is 3. The summed E-state index contributed by atoms with van der Waals surface area (Å²) < 4.78 is 0. The standard InChI is InChI=1S/C15H15N3O3/c1-18(10-13-4-2-3-9-16-13)15(21)17-12-7-5-11(6-8-12)14(19)20/h2-9H,10H2,1H3,(H,17,21)(H,19,20). The van der Waals surface area contributed by atoms with Gasteiger partial charge >= 0.3 is 12.0 Å². The quantitative estimate of drug-likeness (QED) is 0.904. The molecule has 0 saturated carbocycles. The average molecular weight is 285 g/mol. The molecule has 2 N–H and O–H groups in total. The summed E-state index contributed by atoms with van der Waals surface area (Å²) in [5.41, 5.74) is 1.50. The molecule has 0 radical (unpaired) electrons. The molecule has 0 bridgehead atoms. The van der Waals surface area contributed by atoms with E-state index < -0.39 is 5.97 Å². The van der Waals surface area contributed by atoms with Gasteiger partial charge < -0.3 is 15.3 Å². The van der Waals surface area contributed by atoms with E-state index in [1.54, 1.807) is 25.4 Å². The Balaban J connectivity index is 1.95. The van der Waals surface area contributed by atoms with Crippen molar-refractivity contribution in [2.24, 2.45) is 0 Å². The lowest BCUT2D eigenvalue weighted by Crippen LogP contribution is -2.31. The first-order valence-corrected chi connectivity index (χ1v) is 6.31. The van der Waals surface area contributed by atoms with Crippen molar-refractivity contribution in [3.05, 3.63) is 59.9 Å². The number of aromatic carboxylic acids is 1. The maximum absolute atomic E-state index is 12.0. The molecule has 6 heteroatoms. The van der Waals surface area contributed by atoms with E-state index in [2.05, 4.69) is 10.3 Å². The fourth-order valence-electron chi connectivity index (χ4n) is 1.72. The molecule has 1 heterocycles. The summed E-state index contributed by atoms with van der Waals surface area (Å²) in [6, 6.07) is 11.2. The van der Waals surface area contributed by atoms with Crippen LogP contribution in [0.15, 0.2) is 48.7 Å². The summed E-state index contributed by atoms with van der Waals surface area (Å²) in [4.78, 5) is 28.4. The van der Waals surface area contributed by atoms with Crippen LogP contribution in [-0.4, -0.2) is 34.0 Å². The van der Waals surface area contributed by atoms with Gasteiger partial charge in [-0.25, -0.2) is 9.59 Å². The van der Waals surface area contributed by atoms with Crippen LogP contribution in [0.25, 0.3) is 0 Å². The van der Waals surface area contributed by atoms with Gasteiger partial charge in [-0.2, -0.15) is 0 Å². The Hall–Kier alpha value is -2.89. The number of urea groups is 1. The average Bonchev–Trinajstić information content (AvgIpc) is 2.48. The van der Waals surface area contributed by atoms with Crippen LogP contribution in [0, 0.1) is 0 Å². The number of amides is 2. The first-order valence-electron chi connectivity index (χ1n) is 6.31. The fourth-order valence-corrected chi connectivity index (χ4v) is 1.72. The summed E-state index contributed by atoms with van der Waals surface area (Å²) in [5.74, 6) is -1.000. The summed E-state index contributed by atoms with van der Waals surface area (Å²) in [7, 11) is 1.66. The number of anilines is 1. The lowest BCUT2D eigenvalue weighted by Gasteiger charge is -2.17. The minimum Gasteiger partial charge on any atom is -0.478 e. The largest absolute Gasteiger partial charge is 0.478 e. The van der Waals surface area contributed by atoms with Gasteiger partial charge in [0.25, 0.3) is 0 Å². The zero-order valence-electron chi connectivity index (χ0n) is 11.5. The van der Waals surface area contributed by atoms with Crippen LogP contribution in [0.1, 0.15) is 16.1 Å². The second kappa shape index (κ2) is 6.51. The molecule has 6 nitrogen and oxygen atoms in total. The number of carboxylic acids is 1. The fraction of sp³-hybridized carbons (Fsp3) is 0.133. The number of carbonyl (C=O) groups is 2. The number of aromatic nitrogens is 1. The van der Waals surface area contributed by atoms with Crippen LogP contribution in [0.3, 0.4) is 0 Å². The van der Waals surface area contributed by atoms with Crippen molar-refractivity contribution in [2.45, 2.75) is 6.54 Å². The van der Waals surface area contributed by atoms with Crippen LogP contribution in [0.4, 0.5) is 10.5 Å². The van der Waals surface area contributed by atoms with Crippen molar-refractivity contribution in [1.29, 1.82) is 0 Å². The van der Waals surface area contributed by atoms with Crippen LogP contribution < -0.4 is 5.32 Å². The van der Waals surface area contributed by atoms with Crippen molar-refractivity contribution in [3.8, 4) is 0 Å². The summed E-state index contributed by atoms with van der Waals surface area (Å²) in [6.45, 7) is 0.389. The molecule has 0 saturated heterocycles. The molecule has 0 atom stereocenters. The molecule has 0 aliphatic carbocycles. The predicted molar refractivity (Wildman–Crippen MR) is 78.1 cm³/mol. The van der Waals surface area contributed by atoms with Gasteiger partial charge in [0.15, 0.2) is 0 Å². The normalized spacial score (nSPS) is 9.95. The Morgan fingerprint density at radius 2 is 1.90 bits per heavy atom. The SMILES string of the molecule is CN(Cc1ccccn1)C(=O)Nc1ccc(C(=O)O)cc1. The van der Waals surface area contributed by atoms with Crippen molar-refractivity contribution in [1.82, 2.24) is 9.88 Å². The number of carboxylic acid groups (broad SMARTS) is 1. The molecule has 1 aromatic carbocycles. The van der Waals surface area contributed by atoms with E-state index in [0.717, 1.165) is 5.69 Å². The molecular weight excluding hydrogens is 270 g/mol. The monoisotopic (exact) mass is 285 g/mol. The molecule has 2 aromatic rings. The van der Waals surface area contributed by atoms with Gasteiger partial charge in [-0.15, -0.1) is 0 Å². The summed E-state index contributed by atoms with van der Waals surface area (Å²) >= 11 is 0. The molecule has 0 fully saturated rings. The highest BCUT2D eigenvalue weighted by Gasteiger charge is 2.10. The van der Waals surface area contributed by atoms with Crippen LogP contribution in [0.2, 0.25) is 0 Å². The zero-order valence-corrected chi connectivity index (χ0v) is 11.5. The maximum Gasteiger partial charge on any atom is 0.335 e. The van der Waals surface area contributed by atoms with Gasteiger partial charge in [0, 0.05) is 18.9 Å². The van der Waals surface area contributed by atoms with Crippen LogP contribution >= 0.6 is 0 Å². The number of rotatable bonds is 4. The number of pyridine rings is 1. The lowest BCUT2D eigenvalue weighted by molar-refractivity contribution is 0.0697. The van der Waals surface area contributed by atoms with Crippen LogP contribution in [0.5, 0.6) is 0 Å². The van der Waals surface area contributed by atoms with E-state index >= 15 is 0 Å². The van der Waals surface area contributed by atoms with Gasteiger partial charge in [0.05, 0.1) is 17.8 Å². The highest BCUT2D eigenvalue weighted by Crippen LogP contribution is 2.11. The second-order valence-corrected chi connectivity index (χ2v) is 4.49. The molecule has 1 aromatic heterocycles. The second-order valence-electron chi connectivity index (χ2n) is 4.49. The number of nitrogens with zero attached hydrogens (tertiary/aromatic N) is 2. The van der Waals surface area contributed by atoms with Gasteiger partial charge in [0.2, 0.25) is 0 Å². The highest BCUT2D eigenvalue weighted by atomic mass is 16.4. The third-order valence-electron chi connectivity index (χ3n) is 2.86. The van der Waals surface area contributed by atoms with Crippen molar-refractivity contribution in [2.75, 3.05) is 12.4 Å². The minimum atomic E-state index is -1.000. The van der Waals surface area contributed by atoms with E-state index in [4.69, 9.17) is 5.11 Å². The maximum atomic E-state index is 12.0. The van der Waals surface area contributed by atoms with E-state index in [1.807, 2.05) is 18.2 Å². The van der Waals surface area contributed by atoms with Gasteiger partial charge in [-0.3, -0.25) is 4.98 Å². The molecule has 108 valence electrons. The molecule has 2 rings (SSSR count). The molecule has 0 spiro atoms. The zero-order chi connectivity index (χ0) is 15.2. The molecule has 0 aliphatic rings. The van der Waals surface area contributed by atoms with E-state index in [0.29, 0.717) is 12.2 Å². The Bertz CT molecular complexity index is 626. The molecule has 21 heavy (non-hydrogen) atoms. The summed E-state index contributed by atoms with van der Waals surface area (Å²) in [5, 5.41) is 11.5. The first-order chi connectivity index (χ1) is 10.1. The minimum absolute atomic E-state index is 0.176. The van der Waals surface area contributed by atoms with E-state index in [-0.39, 0.29) is 11.6 Å². The molecular formula is C15H15N3O3. The predicted octanol–water partition coefficient (Wildman–Crippen LogP) is 2.44. The smallest absolute Gasteiger partial charge is 0.335 e. The highest BCUT2D eigenvalue weighted by molar-refractivity contribution is 5.91. The Morgan fingerprint density at radius 3 is 2.48 bits per heavy atom. The van der Waals surface area contributed by atoms with Crippen molar-refractivity contribution in [3.63, 3.8) is 0 Å². The number of nitrogens with one attached hydrogen (secondary N) is 1. The first kappa shape index (κ1) is 14.5. The number of carbonyl (C=O) groups excluding carboxylic acids is 1. The van der Waals surface area contributed by atoms with Crippen molar-refractivity contribution >= 4 is 17.7 Å². The third-order valence-corrected chi connectivity index (χ3v) is 2.86. The van der Waals surface area contributed by atoms with Gasteiger partial charge in [0.1, 0.15) is 0 Å². The number of benzene rings is 1. The number of hydrogen-bond donors (Lipinski definition) is 2. The summed E-state index contributed by atoms with van der Waals surface area (Å²) in [6.07, 6.45) is 1.67. The molecule has 2 amide bonds. The topological polar surface area (TPSA) is 82.5 Å². The van der Waals surface area contributed by atoms with Gasteiger partial charge in [-0.05, 0) is 36.4 Å². The van der Waals surface area contributed by atoms with E-state index in [1.165, 1.54) is 17.0 Å². The van der Waals surface area contributed by atoms with Crippen LogP contribution in [-0.2, 0) is 6.54 Å². The Labute approximate surface area is 122 Å². The van der Waals surface area contributed by atoms with Gasteiger partial charge in [-0.1, -0.05) is 6.07 Å².